The van der Waals surface area contributed by atoms with Gasteiger partial charge >= 0.3 is 0 Å². The molecule has 0 atom stereocenters. The van der Waals surface area contributed by atoms with Crippen molar-refractivity contribution in [2.45, 2.75) is 18.3 Å². The highest BCUT2D eigenvalue weighted by Crippen LogP contribution is 2.34. The van der Waals surface area contributed by atoms with Crippen LogP contribution in [0.15, 0.2) is 47.7 Å². The lowest BCUT2D eigenvalue weighted by atomic mass is 9.74. The van der Waals surface area contributed by atoms with Crippen molar-refractivity contribution in [1.82, 2.24) is 20.0 Å². The molecule has 9 heteroatoms. The molecule has 3 heterocycles. The predicted octanol–water partition coefficient (Wildman–Crippen LogP) is 2.01. The highest BCUT2D eigenvalue weighted by atomic mass is 127. The lowest BCUT2D eigenvalue weighted by molar-refractivity contribution is -0.120. The lowest BCUT2D eigenvalue weighted by Gasteiger charge is -2.40. The molecule has 2 aliphatic heterocycles. The standard InChI is InChI=1S/C22H30N6O2.HI/c1-23-21(27-10-11-28(20(29)16-27)19-14-25-26(2)15-19)24-17-22(8-12-30-13-9-22)18-6-4-3-5-7-18;/h3-7,14-15H,8-13,16-17H2,1-2H3,(H,23,24);1H. The van der Waals surface area contributed by atoms with Gasteiger partial charge in [0.1, 0.15) is 6.54 Å². The number of nitrogens with zero attached hydrogens (tertiary/aromatic N) is 5. The Morgan fingerprint density at radius 2 is 1.97 bits per heavy atom. The summed E-state index contributed by atoms with van der Waals surface area (Å²) in [6, 6.07) is 10.6. The van der Waals surface area contributed by atoms with Crippen molar-refractivity contribution in [3.05, 3.63) is 48.3 Å². The van der Waals surface area contributed by atoms with E-state index in [0.717, 1.165) is 50.8 Å². The first-order valence-electron chi connectivity index (χ1n) is 10.5. The minimum absolute atomic E-state index is 0. The van der Waals surface area contributed by atoms with Crippen LogP contribution in [0, 0.1) is 0 Å². The van der Waals surface area contributed by atoms with E-state index in [9.17, 15) is 4.79 Å². The minimum Gasteiger partial charge on any atom is -0.381 e. The number of benzene rings is 1. The van der Waals surface area contributed by atoms with Crippen molar-refractivity contribution in [3.63, 3.8) is 0 Å². The average Bonchev–Trinajstić information content (AvgIpc) is 3.21. The highest BCUT2D eigenvalue weighted by Gasteiger charge is 2.35. The van der Waals surface area contributed by atoms with Gasteiger partial charge in [0.25, 0.3) is 0 Å². The molecular formula is C22H31IN6O2. The Morgan fingerprint density at radius 1 is 1.23 bits per heavy atom. The number of piperazine rings is 1. The fraction of sp³-hybridized carbons (Fsp3) is 0.500. The molecule has 0 radical (unpaired) electrons. The molecule has 1 N–H and O–H groups in total. The third-order valence-electron chi connectivity index (χ3n) is 6.16. The Bertz CT molecular complexity index is 894. The van der Waals surface area contributed by atoms with E-state index in [0.29, 0.717) is 13.1 Å². The SMILES string of the molecule is CN=C(NCC1(c2ccccc2)CCOCC1)N1CCN(c2cnn(C)c2)C(=O)C1.I. The van der Waals surface area contributed by atoms with E-state index in [1.807, 2.05) is 18.1 Å². The van der Waals surface area contributed by atoms with E-state index >= 15 is 0 Å². The fourth-order valence-electron chi connectivity index (χ4n) is 4.38. The van der Waals surface area contributed by atoms with E-state index in [1.54, 1.807) is 22.8 Å². The van der Waals surface area contributed by atoms with Crippen LogP contribution in [0.1, 0.15) is 18.4 Å². The van der Waals surface area contributed by atoms with Crippen LogP contribution in [0.3, 0.4) is 0 Å². The van der Waals surface area contributed by atoms with Crippen molar-refractivity contribution in [2.75, 3.05) is 51.3 Å². The van der Waals surface area contributed by atoms with Gasteiger partial charge in [-0.25, -0.2) is 0 Å². The third-order valence-corrected chi connectivity index (χ3v) is 6.16. The van der Waals surface area contributed by atoms with Crippen LogP contribution >= 0.6 is 24.0 Å². The number of nitrogens with one attached hydrogen (secondary N) is 1. The van der Waals surface area contributed by atoms with Crippen LogP contribution < -0.4 is 10.2 Å². The van der Waals surface area contributed by atoms with Crippen molar-refractivity contribution in [1.29, 1.82) is 0 Å². The molecule has 0 aliphatic carbocycles. The third kappa shape index (κ3) is 5.20. The Kier molecular flexibility index (Phi) is 7.93. The summed E-state index contributed by atoms with van der Waals surface area (Å²) < 4.78 is 7.35. The van der Waals surface area contributed by atoms with E-state index in [1.165, 1.54) is 5.56 Å². The average molecular weight is 538 g/mol. The van der Waals surface area contributed by atoms with Crippen molar-refractivity contribution < 1.29 is 9.53 Å². The summed E-state index contributed by atoms with van der Waals surface area (Å²) >= 11 is 0. The number of hydrogen-bond acceptors (Lipinski definition) is 4. The van der Waals surface area contributed by atoms with Gasteiger partial charge < -0.3 is 19.9 Å². The van der Waals surface area contributed by atoms with Crippen LogP contribution in [-0.4, -0.2) is 73.0 Å². The summed E-state index contributed by atoms with van der Waals surface area (Å²) in [5.41, 5.74) is 2.18. The minimum atomic E-state index is 0. The maximum atomic E-state index is 12.8. The molecule has 168 valence electrons. The molecule has 2 saturated heterocycles. The number of halogens is 1. The van der Waals surface area contributed by atoms with Crippen LogP contribution in [0.25, 0.3) is 0 Å². The molecule has 31 heavy (non-hydrogen) atoms. The predicted molar refractivity (Wildman–Crippen MR) is 132 cm³/mol. The number of amides is 1. The van der Waals surface area contributed by atoms with E-state index in [4.69, 9.17) is 4.74 Å². The normalized spacial score (nSPS) is 19.2. The molecule has 0 unspecified atom stereocenters. The summed E-state index contributed by atoms with van der Waals surface area (Å²) in [5, 5.41) is 7.74. The number of ether oxygens (including phenoxy) is 1. The molecule has 0 saturated carbocycles. The number of aliphatic imine (C=N–C) groups is 1. The fourth-order valence-corrected chi connectivity index (χ4v) is 4.38. The van der Waals surface area contributed by atoms with Crippen LogP contribution in [-0.2, 0) is 22.0 Å². The van der Waals surface area contributed by atoms with Crippen molar-refractivity contribution in [2.24, 2.45) is 12.0 Å². The van der Waals surface area contributed by atoms with Crippen LogP contribution in [0.2, 0.25) is 0 Å². The van der Waals surface area contributed by atoms with Gasteiger partial charge in [-0.05, 0) is 18.4 Å². The van der Waals surface area contributed by atoms with Gasteiger partial charge in [0.05, 0.1) is 11.9 Å². The first-order chi connectivity index (χ1) is 14.6. The molecule has 0 spiro atoms. The van der Waals surface area contributed by atoms with E-state index in [2.05, 4.69) is 45.7 Å². The number of guanidine groups is 1. The zero-order chi connectivity index (χ0) is 21.0. The monoisotopic (exact) mass is 538 g/mol. The van der Waals surface area contributed by atoms with Crippen LogP contribution in [0.5, 0.6) is 0 Å². The maximum Gasteiger partial charge on any atom is 0.246 e. The Labute approximate surface area is 200 Å². The number of hydrogen-bond donors (Lipinski definition) is 1. The second-order valence-corrected chi connectivity index (χ2v) is 8.00. The van der Waals surface area contributed by atoms with Gasteiger partial charge in [-0.15, -0.1) is 24.0 Å². The lowest BCUT2D eigenvalue weighted by Crippen LogP contribution is -2.57. The second kappa shape index (κ2) is 10.4. The van der Waals surface area contributed by atoms with Gasteiger partial charge in [0.2, 0.25) is 5.91 Å². The molecular weight excluding hydrogens is 507 g/mol. The van der Waals surface area contributed by atoms with Crippen molar-refractivity contribution in [3.8, 4) is 0 Å². The van der Waals surface area contributed by atoms with Gasteiger partial charge in [-0.2, -0.15) is 5.10 Å². The Balaban J connectivity index is 0.00000272. The van der Waals surface area contributed by atoms with Gasteiger partial charge in [-0.3, -0.25) is 14.5 Å². The highest BCUT2D eigenvalue weighted by molar-refractivity contribution is 14.0. The molecule has 2 aliphatic rings. The smallest absolute Gasteiger partial charge is 0.246 e. The summed E-state index contributed by atoms with van der Waals surface area (Å²) in [5.74, 6) is 0.831. The van der Waals surface area contributed by atoms with Gasteiger partial charge in [0.15, 0.2) is 5.96 Å². The Morgan fingerprint density at radius 3 is 2.58 bits per heavy atom. The maximum absolute atomic E-state index is 12.8. The zero-order valence-corrected chi connectivity index (χ0v) is 20.5. The van der Waals surface area contributed by atoms with Gasteiger partial charge in [0, 0.05) is 58.6 Å². The molecule has 1 aromatic carbocycles. The first-order valence-corrected chi connectivity index (χ1v) is 10.5. The molecule has 2 fully saturated rings. The van der Waals surface area contributed by atoms with E-state index < -0.39 is 0 Å². The number of carbonyl (C=O) groups is 1. The molecule has 4 rings (SSSR count). The molecule has 8 nitrogen and oxygen atoms in total. The topological polar surface area (TPSA) is 75.0 Å². The summed E-state index contributed by atoms with van der Waals surface area (Å²) in [6.07, 6.45) is 5.54. The van der Waals surface area contributed by atoms with E-state index in [-0.39, 0.29) is 35.3 Å². The first kappa shape index (κ1) is 23.5. The number of aromatic nitrogens is 2. The summed E-state index contributed by atoms with van der Waals surface area (Å²) in [4.78, 5) is 21.1. The Hall–Kier alpha value is -2.14. The quantitative estimate of drug-likeness (QED) is 0.367. The number of anilines is 1. The number of rotatable bonds is 4. The molecule has 1 amide bonds. The summed E-state index contributed by atoms with van der Waals surface area (Å²) in [6.45, 7) is 3.93. The van der Waals surface area contributed by atoms with Gasteiger partial charge in [-0.1, -0.05) is 30.3 Å². The summed E-state index contributed by atoms with van der Waals surface area (Å²) in [7, 11) is 3.63. The molecule has 2 aromatic rings. The van der Waals surface area contributed by atoms with Crippen LogP contribution in [0.4, 0.5) is 5.69 Å². The second-order valence-electron chi connectivity index (χ2n) is 8.00. The van der Waals surface area contributed by atoms with Crippen molar-refractivity contribution >= 4 is 41.5 Å². The largest absolute Gasteiger partial charge is 0.381 e. The molecule has 1 aromatic heterocycles. The molecule has 0 bridgehead atoms. The number of carbonyl (C=O) groups excluding carboxylic acids is 1. The number of aryl methyl sites for hydroxylation is 1. The zero-order valence-electron chi connectivity index (χ0n) is 18.2.